The lowest BCUT2D eigenvalue weighted by Gasteiger charge is -2.26. The highest BCUT2D eigenvalue weighted by atomic mass is 35.5. The summed E-state index contributed by atoms with van der Waals surface area (Å²) >= 11 is 7.38. The highest BCUT2D eigenvalue weighted by Crippen LogP contribution is 2.40. The standard InChI is InChI=1S/C18H18ClN3O2S/c1-2-18-8-3-9-22(18)17(24)21(16(18)23)10-15-20-14(11-25-15)12-4-6-13(19)7-5-12/h4-7,11H,2-3,8-10H2,1H3/t18-/m0/s1. The quantitative estimate of drug-likeness (QED) is 0.753. The fourth-order valence-corrected chi connectivity index (χ4v) is 4.71. The van der Waals surface area contributed by atoms with Gasteiger partial charge < -0.3 is 4.90 Å². The van der Waals surface area contributed by atoms with Crippen molar-refractivity contribution in [1.29, 1.82) is 0 Å². The maximum atomic E-state index is 12.9. The second-order valence-corrected chi connectivity index (χ2v) is 7.83. The summed E-state index contributed by atoms with van der Waals surface area (Å²) in [5.41, 5.74) is 1.19. The molecule has 3 amide bonds. The second kappa shape index (κ2) is 6.11. The summed E-state index contributed by atoms with van der Waals surface area (Å²) in [6.07, 6.45) is 2.33. The molecule has 2 fully saturated rings. The molecule has 25 heavy (non-hydrogen) atoms. The van der Waals surface area contributed by atoms with Gasteiger partial charge in [0.15, 0.2) is 0 Å². The largest absolute Gasteiger partial charge is 0.328 e. The molecule has 2 saturated heterocycles. The number of hydrogen-bond acceptors (Lipinski definition) is 4. The molecule has 4 rings (SSSR count). The molecule has 5 nitrogen and oxygen atoms in total. The Bertz CT molecular complexity index is 835. The number of carbonyl (C=O) groups is 2. The predicted molar refractivity (Wildman–Crippen MR) is 97.5 cm³/mol. The fraction of sp³-hybridized carbons (Fsp3) is 0.389. The third-order valence-electron chi connectivity index (χ3n) is 5.16. The van der Waals surface area contributed by atoms with E-state index < -0.39 is 5.54 Å². The van der Waals surface area contributed by atoms with Gasteiger partial charge in [-0.3, -0.25) is 9.69 Å². The monoisotopic (exact) mass is 375 g/mol. The first-order valence-electron chi connectivity index (χ1n) is 8.39. The van der Waals surface area contributed by atoms with Crippen LogP contribution in [0.25, 0.3) is 11.3 Å². The lowest BCUT2D eigenvalue weighted by atomic mass is 9.93. The van der Waals surface area contributed by atoms with Gasteiger partial charge in [0.2, 0.25) is 0 Å². The Labute approximate surface area is 155 Å². The highest BCUT2D eigenvalue weighted by molar-refractivity contribution is 7.09. The number of amides is 3. The zero-order valence-corrected chi connectivity index (χ0v) is 15.4. The van der Waals surface area contributed by atoms with E-state index in [1.807, 2.05) is 36.6 Å². The number of carbonyl (C=O) groups excluding carboxylic acids is 2. The summed E-state index contributed by atoms with van der Waals surface area (Å²) in [6.45, 7) is 2.89. The van der Waals surface area contributed by atoms with Crippen LogP contribution < -0.4 is 0 Å². The second-order valence-electron chi connectivity index (χ2n) is 6.45. The number of thiazole rings is 1. The number of nitrogens with zero attached hydrogens (tertiary/aromatic N) is 3. The summed E-state index contributed by atoms with van der Waals surface area (Å²) in [5, 5.41) is 3.39. The van der Waals surface area contributed by atoms with Crippen molar-refractivity contribution in [3.63, 3.8) is 0 Å². The molecule has 3 heterocycles. The van der Waals surface area contributed by atoms with Crippen LogP contribution in [0.4, 0.5) is 4.79 Å². The minimum absolute atomic E-state index is 0.0688. The van der Waals surface area contributed by atoms with Gasteiger partial charge in [-0.1, -0.05) is 30.7 Å². The average molecular weight is 376 g/mol. The normalized spacial score (nSPS) is 22.8. The van der Waals surface area contributed by atoms with Crippen LogP contribution >= 0.6 is 22.9 Å². The zero-order valence-electron chi connectivity index (χ0n) is 13.9. The van der Waals surface area contributed by atoms with Crippen molar-refractivity contribution in [3.8, 4) is 11.3 Å². The Morgan fingerprint density at radius 2 is 2.04 bits per heavy atom. The van der Waals surface area contributed by atoms with Gasteiger partial charge in [-0.25, -0.2) is 9.78 Å². The van der Waals surface area contributed by atoms with E-state index >= 15 is 0 Å². The molecule has 0 aliphatic carbocycles. The first-order valence-corrected chi connectivity index (χ1v) is 9.65. The topological polar surface area (TPSA) is 53.5 Å². The number of fused-ring (bicyclic) bond motifs is 1. The minimum atomic E-state index is -0.618. The molecule has 0 saturated carbocycles. The summed E-state index contributed by atoms with van der Waals surface area (Å²) in [7, 11) is 0. The summed E-state index contributed by atoms with van der Waals surface area (Å²) < 4.78 is 0. The Balaban J connectivity index is 1.56. The van der Waals surface area contributed by atoms with Gasteiger partial charge in [-0.15, -0.1) is 11.3 Å². The third-order valence-corrected chi connectivity index (χ3v) is 6.25. The summed E-state index contributed by atoms with van der Waals surface area (Å²) in [6, 6.07) is 7.30. The van der Waals surface area contributed by atoms with Crippen LogP contribution in [0.5, 0.6) is 0 Å². The van der Waals surface area contributed by atoms with Crippen molar-refractivity contribution >= 4 is 34.9 Å². The number of benzene rings is 1. The van der Waals surface area contributed by atoms with Crippen molar-refractivity contribution in [2.75, 3.05) is 6.54 Å². The van der Waals surface area contributed by atoms with Crippen LogP contribution in [-0.4, -0.2) is 38.8 Å². The van der Waals surface area contributed by atoms with Crippen LogP contribution in [0.1, 0.15) is 31.2 Å². The van der Waals surface area contributed by atoms with Gasteiger partial charge >= 0.3 is 6.03 Å². The Morgan fingerprint density at radius 3 is 2.72 bits per heavy atom. The molecule has 1 aromatic heterocycles. The van der Waals surface area contributed by atoms with E-state index in [1.54, 1.807) is 4.90 Å². The Morgan fingerprint density at radius 1 is 1.28 bits per heavy atom. The zero-order chi connectivity index (χ0) is 17.6. The van der Waals surface area contributed by atoms with Gasteiger partial charge in [-0.2, -0.15) is 0 Å². The molecule has 0 bridgehead atoms. The predicted octanol–water partition coefficient (Wildman–Crippen LogP) is 4.17. The number of urea groups is 1. The molecule has 1 atom stereocenters. The SMILES string of the molecule is CC[C@@]12CCCN1C(=O)N(Cc1nc(-c3ccc(Cl)cc3)cs1)C2=O. The average Bonchev–Trinajstić information content (AvgIpc) is 3.30. The van der Waals surface area contributed by atoms with Crippen molar-refractivity contribution in [2.45, 2.75) is 38.3 Å². The van der Waals surface area contributed by atoms with Gasteiger partial charge in [-0.05, 0) is 31.4 Å². The minimum Gasteiger partial charge on any atom is -0.310 e. The Kier molecular flexibility index (Phi) is 4.04. The van der Waals surface area contributed by atoms with Crippen molar-refractivity contribution in [2.24, 2.45) is 0 Å². The van der Waals surface area contributed by atoms with Crippen LogP contribution in [0.15, 0.2) is 29.6 Å². The first-order chi connectivity index (χ1) is 12.0. The number of aromatic nitrogens is 1. The molecule has 1 aromatic carbocycles. The Hall–Kier alpha value is -1.92. The molecule has 0 spiro atoms. The van der Waals surface area contributed by atoms with E-state index in [4.69, 9.17) is 11.6 Å². The maximum Gasteiger partial charge on any atom is 0.328 e. The smallest absolute Gasteiger partial charge is 0.310 e. The molecule has 2 aliphatic heterocycles. The first kappa shape index (κ1) is 16.5. The van der Waals surface area contributed by atoms with Gasteiger partial charge in [0.1, 0.15) is 10.5 Å². The molecule has 7 heteroatoms. The molecule has 0 N–H and O–H groups in total. The van der Waals surface area contributed by atoms with E-state index in [0.29, 0.717) is 18.0 Å². The van der Waals surface area contributed by atoms with Crippen molar-refractivity contribution in [1.82, 2.24) is 14.8 Å². The molecule has 2 aromatic rings. The van der Waals surface area contributed by atoms with E-state index in [2.05, 4.69) is 4.98 Å². The van der Waals surface area contributed by atoms with Gasteiger partial charge in [0.05, 0.1) is 12.2 Å². The van der Waals surface area contributed by atoms with Crippen LogP contribution in [0.3, 0.4) is 0 Å². The van der Waals surface area contributed by atoms with Crippen molar-refractivity contribution < 1.29 is 9.59 Å². The summed E-state index contributed by atoms with van der Waals surface area (Å²) in [5.74, 6) is -0.0688. The maximum absolute atomic E-state index is 12.9. The lowest BCUT2D eigenvalue weighted by molar-refractivity contribution is -0.133. The molecule has 130 valence electrons. The lowest BCUT2D eigenvalue weighted by Crippen LogP contribution is -2.44. The van der Waals surface area contributed by atoms with Crippen LogP contribution in [-0.2, 0) is 11.3 Å². The van der Waals surface area contributed by atoms with Gasteiger partial charge in [0, 0.05) is 22.5 Å². The van der Waals surface area contributed by atoms with Crippen LogP contribution in [0, 0.1) is 0 Å². The summed E-state index contributed by atoms with van der Waals surface area (Å²) in [4.78, 5) is 33.3. The van der Waals surface area contributed by atoms with Crippen LogP contribution in [0.2, 0.25) is 5.02 Å². The van der Waals surface area contributed by atoms with E-state index in [9.17, 15) is 9.59 Å². The molecular formula is C18H18ClN3O2S. The van der Waals surface area contributed by atoms with E-state index in [-0.39, 0.29) is 18.5 Å². The number of hydrogen-bond donors (Lipinski definition) is 0. The number of rotatable bonds is 4. The molecule has 2 aliphatic rings. The van der Waals surface area contributed by atoms with Gasteiger partial charge in [0.25, 0.3) is 5.91 Å². The van der Waals surface area contributed by atoms with E-state index in [1.165, 1.54) is 16.2 Å². The fourth-order valence-electron chi connectivity index (χ4n) is 3.79. The number of imide groups is 1. The highest BCUT2D eigenvalue weighted by Gasteiger charge is 2.58. The molecular weight excluding hydrogens is 358 g/mol. The van der Waals surface area contributed by atoms with Crippen molar-refractivity contribution in [3.05, 3.63) is 39.7 Å². The molecule has 0 unspecified atom stereocenters. The van der Waals surface area contributed by atoms with E-state index in [0.717, 1.165) is 29.1 Å². The number of halogens is 1. The molecule has 0 radical (unpaired) electrons. The third kappa shape index (κ3) is 2.55.